The Bertz CT molecular complexity index is 1350. The summed E-state index contributed by atoms with van der Waals surface area (Å²) in [6.45, 7) is 3.10. The summed E-state index contributed by atoms with van der Waals surface area (Å²) in [4.78, 5) is 28.3. The van der Waals surface area contributed by atoms with Gasteiger partial charge < -0.3 is 19.3 Å². The minimum Gasteiger partial charge on any atom is -0.496 e. The molecule has 0 unspecified atom stereocenters. The Balaban J connectivity index is 1.60. The van der Waals surface area contributed by atoms with Gasteiger partial charge in [-0.25, -0.2) is 9.97 Å². The van der Waals surface area contributed by atoms with Gasteiger partial charge in [-0.3, -0.25) is 4.79 Å². The molecule has 9 heteroatoms. The number of ether oxygens (including phenoxy) is 2. The van der Waals surface area contributed by atoms with E-state index in [0.29, 0.717) is 18.0 Å². The van der Waals surface area contributed by atoms with Crippen LogP contribution < -0.4 is 14.4 Å². The molecule has 3 heterocycles. The van der Waals surface area contributed by atoms with E-state index < -0.39 is 0 Å². The van der Waals surface area contributed by atoms with Crippen LogP contribution in [0.25, 0.3) is 10.9 Å². The van der Waals surface area contributed by atoms with Gasteiger partial charge in [-0.1, -0.05) is 6.07 Å². The van der Waals surface area contributed by atoms with Crippen molar-refractivity contribution in [1.82, 2.24) is 14.9 Å². The molecule has 1 aliphatic rings. The maximum atomic E-state index is 13.5. The van der Waals surface area contributed by atoms with Crippen LogP contribution in [0.5, 0.6) is 11.5 Å². The number of pyridine rings is 1. The third-order valence-electron chi connectivity index (χ3n) is 6.17. The molecule has 0 saturated heterocycles. The lowest BCUT2D eigenvalue weighted by molar-refractivity contribution is 0.0724. The summed E-state index contributed by atoms with van der Waals surface area (Å²) in [5.41, 5.74) is 2.22. The van der Waals surface area contributed by atoms with Crippen molar-refractivity contribution in [3.63, 3.8) is 0 Å². The molecule has 4 aromatic rings. The molecule has 0 spiro atoms. The second-order valence-corrected chi connectivity index (χ2v) is 10.8. The maximum Gasteiger partial charge on any atom is 0.273 e. The second-order valence-electron chi connectivity index (χ2n) is 8.69. The normalized spacial score (nSPS) is 13.1. The third-order valence-corrected chi connectivity index (χ3v) is 7.80. The summed E-state index contributed by atoms with van der Waals surface area (Å²) >= 11 is 3.22. The quantitative estimate of drug-likeness (QED) is 0.297. The van der Waals surface area contributed by atoms with Crippen LogP contribution >= 0.6 is 22.7 Å². The number of fused-ring (bicyclic) bond motifs is 1. The Morgan fingerprint density at radius 3 is 2.49 bits per heavy atom. The number of thiazole rings is 1. The highest BCUT2D eigenvalue weighted by Gasteiger charge is 2.35. The zero-order valence-corrected chi connectivity index (χ0v) is 21.9. The molecule has 0 N–H and O–H groups in total. The topological polar surface area (TPSA) is 67.8 Å². The standard InChI is InChI=1S/C26H28N4O3S2/c1-16-27-21(15-35-16)26(31)30(18-7-8-18)13-17-12-20-22(32-3)9-10-23(33-4)24(20)28-25(17)29(2)14-19-6-5-11-34-19/h5-6,9-12,15,18H,7-8,13-14H2,1-4H3. The monoisotopic (exact) mass is 508 g/mol. The minimum atomic E-state index is -0.0265. The SMILES string of the molecule is COc1ccc(OC)c2nc(N(C)Cc3cccs3)c(CN(C(=O)c3csc(C)n3)C3CC3)cc12. The number of carbonyl (C=O) groups excluding carboxylic acids is 1. The first-order valence-corrected chi connectivity index (χ1v) is 13.3. The Morgan fingerprint density at radius 1 is 1.09 bits per heavy atom. The van der Waals surface area contributed by atoms with E-state index >= 15 is 0 Å². The number of anilines is 1. The lowest BCUT2D eigenvalue weighted by Gasteiger charge is -2.27. The molecule has 1 amide bonds. The van der Waals surface area contributed by atoms with Gasteiger partial charge in [-0.2, -0.15) is 0 Å². The van der Waals surface area contributed by atoms with Crippen LogP contribution in [0.1, 0.15) is 38.8 Å². The molecule has 0 atom stereocenters. The van der Waals surface area contributed by atoms with Gasteiger partial charge in [0.1, 0.15) is 28.5 Å². The van der Waals surface area contributed by atoms with Gasteiger partial charge >= 0.3 is 0 Å². The molecule has 1 aromatic carbocycles. The van der Waals surface area contributed by atoms with Gasteiger partial charge in [0.2, 0.25) is 0 Å². The number of hydrogen-bond donors (Lipinski definition) is 0. The zero-order valence-electron chi connectivity index (χ0n) is 20.3. The number of hydrogen-bond acceptors (Lipinski definition) is 8. The van der Waals surface area contributed by atoms with Gasteiger partial charge in [0.25, 0.3) is 5.91 Å². The van der Waals surface area contributed by atoms with E-state index in [1.807, 2.05) is 36.4 Å². The number of amides is 1. The number of benzene rings is 1. The summed E-state index contributed by atoms with van der Waals surface area (Å²) in [5.74, 6) is 2.21. The number of nitrogens with zero attached hydrogens (tertiary/aromatic N) is 4. The van der Waals surface area contributed by atoms with Gasteiger partial charge in [0, 0.05) is 40.8 Å². The predicted molar refractivity (Wildman–Crippen MR) is 141 cm³/mol. The van der Waals surface area contributed by atoms with Gasteiger partial charge in [-0.05, 0) is 49.4 Å². The molecule has 35 heavy (non-hydrogen) atoms. The van der Waals surface area contributed by atoms with Crippen LogP contribution in [0, 0.1) is 6.92 Å². The highest BCUT2D eigenvalue weighted by Crippen LogP contribution is 2.38. The number of thiophene rings is 1. The Kier molecular flexibility index (Phi) is 6.62. The van der Waals surface area contributed by atoms with Crippen LogP contribution in [0.4, 0.5) is 5.82 Å². The fourth-order valence-electron chi connectivity index (χ4n) is 4.29. The summed E-state index contributed by atoms with van der Waals surface area (Å²) < 4.78 is 11.3. The van der Waals surface area contributed by atoms with Crippen molar-refractivity contribution >= 4 is 45.3 Å². The molecule has 182 valence electrons. The van der Waals surface area contributed by atoms with Crippen molar-refractivity contribution in [2.24, 2.45) is 0 Å². The number of methoxy groups -OCH3 is 2. The predicted octanol–water partition coefficient (Wildman–Crippen LogP) is 5.52. The fraction of sp³-hybridized carbons (Fsp3) is 0.346. The Morgan fingerprint density at radius 2 is 1.86 bits per heavy atom. The second kappa shape index (κ2) is 9.83. The fourth-order valence-corrected chi connectivity index (χ4v) is 5.63. The number of rotatable bonds is 9. The summed E-state index contributed by atoms with van der Waals surface area (Å²) in [6.07, 6.45) is 2.01. The molecule has 1 saturated carbocycles. The average Bonchev–Trinajstić information content (AvgIpc) is 3.40. The van der Waals surface area contributed by atoms with Crippen LogP contribution in [-0.4, -0.2) is 48.1 Å². The lowest BCUT2D eigenvalue weighted by Crippen LogP contribution is -2.33. The summed E-state index contributed by atoms with van der Waals surface area (Å²) in [7, 11) is 5.34. The van der Waals surface area contributed by atoms with E-state index in [-0.39, 0.29) is 11.9 Å². The number of carbonyl (C=O) groups is 1. The van der Waals surface area contributed by atoms with E-state index in [1.54, 1.807) is 25.6 Å². The zero-order chi connectivity index (χ0) is 24.5. The molecule has 0 radical (unpaired) electrons. The van der Waals surface area contributed by atoms with Crippen molar-refractivity contribution in [1.29, 1.82) is 0 Å². The molecular formula is C26H28N4O3S2. The highest BCUT2D eigenvalue weighted by atomic mass is 32.1. The van der Waals surface area contributed by atoms with E-state index in [1.165, 1.54) is 16.2 Å². The van der Waals surface area contributed by atoms with Crippen molar-refractivity contribution in [2.45, 2.75) is 38.9 Å². The first-order valence-electron chi connectivity index (χ1n) is 11.5. The highest BCUT2D eigenvalue weighted by molar-refractivity contribution is 7.10. The number of aryl methyl sites for hydroxylation is 1. The Hall–Kier alpha value is -3.17. The molecule has 7 nitrogen and oxygen atoms in total. The van der Waals surface area contributed by atoms with Crippen molar-refractivity contribution in [2.75, 3.05) is 26.2 Å². The Labute approximate surface area is 212 Å². The molecule has 3 aromatic heterocycles. The largest absolute Gasteiger partial charge is 0.496 e. The van der Waals surface area contributed by atoms with Crippen LogP contribution in [0.2, 0.25) is 0 Å². The van der Waals surface area contributed by atoms with E-state index in [0.717, 1.165) is 52.4 Å². The van der Waals surface area contributed by atoms with Crippen molar-refractivity contribution < 1.29 is 14.3 Å². The summed E-state index contributed by atoms with van der Waals surface area (Å²) in [5, 5.41) is 5.69. The first kappa shape index (κ1) is 23.6. The maximum absolute atomic E-state index is 13.5. The first-order chi connectivity index (χ1) is 17.0. The van der Waals surface area contributed by atoms with Crippen LogP contribution in [0.3, 0.4) is 0 Å². The molecule has 1 fully saturated rings. The van der Waals surface area contributed by atoms with Gasteiger partial charge in [-0.15, -0.1) is 22.7 Å². The van der Waals surface area contributed by atoms with Gasteiger partial charge in [0.05, 0.1) is 25.8 Å². The van der Waals surface area contributed by atoms with Crippen LogP contribution in [0.15, 0.2) is 41.1 Å². The van der Waals surface area contributed by atoms with Crippen LogP contribution in [-0.2, 0) is 13.1 Å². The van der Waals surface area contributed by atoms with Gasteiger partial charge in [0.15, 0.2) is 0 Å². The van der Waals surface area contributed by atoms with Crippen molar-refractivity contribution in [3.8, 4) is 11.5 Å². The van der Waals surface area contributed by atoms with E-state index in [2.05, 4.69) is 33.5 Å². The molecule has 0 bridgehead atoms. The summed E-state index contributed by atoms with van der Waals surface area (Å²) in [6, 6.07) is 10.3. The average molecular weight is 509 g/mol. The molecular weight excluding hydrogens is 480 g/mol. The third kappa shape index (κ3) is 4.83. The van der Waals surface area contributed by atoms with Crippen molar-refractivity contribution in [3.05, 3.63) is 62.2 Å². The smallest absolute Gasteiger partial charge is 0.273 e. The molecule has 1 aliphatic carbocycles. The molecule has 0 aliphatic heterocycles. The lowest BCUT2D eigenvalue weighted by atomic mass is 10.1. The van der Waals surface area contributed by atoms with E-state index in [9.17, 15) is 4.79 Å². The number of aromatic nitrogens is 2. The minimum absolute atomic E-state index is 0.0265. The van der Waals surface area contributed by atoms with E-state index in [4.69, 9.17) is 14.5 Å². The molecule has 5 rings (SSSR count).